The number of benzene rings is 2. The molecule has 1 aliphatic carbocycles. The fourth-order valence-corrected chi connectivity index (χ4v) is 3.31. The van der Waals surface area contributed by atoms with Crippen molar-refractivity contribution in [2.24, 2.45) is 0 Å². The summed E-state index contributed by atoms with van der Waals surface area (Å²) in [6.07, 6.45) is 0.888. The van der Waals surface area contributed by atoms with E-state index in [1.165, 1.54) is 22.3 Å². The highest BCUT2D eigenvalue weighted by Gasteiger charge is 2.21. The summed E-state index contributed by atoms with van der Waals surface area (Å²) in [6, 6.07) is 16.2. The van der Waals surface area contributed by atoms with Crippen LogP contribution in [0.25, 0.3) is 11.1 Å². The summed E-state index contributed by atoms with van der Waals surface area (Å²) in [5.41, 5.74) is 6.52. The van der Waals surface area contributed by atoms with E-state index in [9.17, 15) is 4.79 Å². The van der Waals surface area contributed by atoms with Gasteiger partial charge in [-0.25, -0.2) is 0 Å². The Hall–Kier alpha value is -2.88. The van der Waals surface area contributed by atoms with Crippen LogP contribution in [0, 0.1) is 6.92 Å². The van der Waals surface area contributed by atoms with Crippen molar-refractivity contribution in [1.29, 1.82) is 0 Å². The van der Waals surface area contributed by atoms with Crippen molar-refractivity contribution < 1.29 is 9.32 Å². The second kappa shape index (κ2) is 5.64. The maximum absolute atomic E-state index is 12.7. The number of hydrogen-bond acceptors (Lipinski definition) is 3. The second-order valence-corrected chi connectivity index (χ2v) is 6.30. The number of amides is 1. The van der Waals surface area contributed by atoms with Crippen LogP contribution in [0.2, 0.25) is 0 Å². The van der Waals surface area contributed by atoms with Crippen LogP contribution >= 0.6 is 0 Å². The van der Waals surface area contributed by atoms with Gasteiger partial charge >= 0.3 is 0 Å². The first kappa shape index (κ1) is 14.7. The lowest BCUT2D eigenvalue weighted by Crippen LogP contribution is -2.26. The van der Waals surface area contributed by atoms with Crippen LogP contribution in [0.3, 0.4) is 0 Å². The van der Waals surface area contributed by atoms with E-state index in [1.54, 1.807) is 11.9 Å². The van der Waals surface area contributed by atoms with Gasteiger partial charge in [0.1, 0.15) is 11.5 Å². The molecule has 0 atom stereocenters. The number of carbonyl (C=O) groups excluding carboxylic acids is 1. The monoisotopic (exact) mass is 318 g/mol. The van der Waals surface area contributed by atoms with E-state index in [2.05, 4.69) is 35.5 Å². The molecule has 2 aromatic carbocycles. The quantitative estimate of drug-likeness (QED) is 0.577. The molecule has 4 heteroatoms. The van der Waals surface area contributed by atoms with Gasteiger partial charge in [-0.2, -0.15) is 0 Å². The van der Waals surface area contributed by atoms with Crippen molar-refractivity contribution in [2.75, 3.05) is 7.05 Å². The highest BCUT2D eigenvalue weighted by Crippen LogP contribution is 2.36. The first-order chi connectivity index (χ1) is 11.6. The molecule has 0 saturated heterocycles. The maximum Gasteiger partial charge on any atom is 0.253 e. The first-order valence-electron chi connectivity index (χ1n) is 8.00. The number of aryl methyl sites for hydroxylation is 1. The van der Waals surface area contributed by atoms with Gasteiger partial charge in [0.25, 0.3) is 5.91 Å². The topological polar surface area (TPSA) is 46.3 Å². The van der Waals surface area contributed by atoms with Gasteiger partial charge in [-0.3, -0.25) is 4.79 Å². The largest absolute Gasteiger partial charge is 0.361 e. The summed E-state index contributed by atoms with van der Waals surface area (Å²) in [4.78, 5) is 14.4. The van der Waals surface area contributed by atoms with E-state index in [0.29, 0.717) is 12.1 Å². The molecule has 0 spiro atoms. The lowest BCUT2D eigenvalue weighted by Gasteiger charge is -2.16. The van der Waals surface area contributed by atoms with Crippen molar-refractivity contribution >= 4 is 5.91 Å². The molecule has 4 nitrogen and oxygen atoms in total. The molecule has 1 aromatic heterocycles. The molecule has 4 rings (SSSR count). The summed E-state index contributed by atoms with van der Waals surface area (Å²) in [6.45, 7) is 2.28. The fraction of sp³-hybridized carbons (Fsp3) is 0.200. The third kappa shape index (κ3) is 2.50. The van der Waals surface area contributed by atoms with Crippen LogP contribution in [0.4, 0.5) is 0 Å². The minimum Gasteiger partial charge on any atom is -0.361 e. The fourth-order valence-electron chi connectivity index (χ4n) is 3.31. The third-order valence-electron chi connectivity index (χ3n) is 4.46. The summed E-state index contributed by atoms with van der Waals surface area (Å²) in [5, 5.41) is 3.95. The van der Waals surface area contributed by atoms with Gasteiger partial charge in [0.2, 0.25) is 0 Å². The average molecular weight is 318 g/mol. The number of fused-ring (bicyclic) bond motifs is 3. The molecule has 0 bridgehead atoms. The molecule has 120 valence electrons. The van der Waals surface area contributed by atoms with Crippen molar-refractivity contribution in [2.45, 2.75) is 19.9 Å². The lowest BCUT2D eigenvalue weighted by atomic mass is 10.0. The Morgan fingerprint density at radius 3 is 2.71 bits per heavy atom. The van der Waals surface area contributed by atoms with Crippen molar-refractivity contribution in [3.05, 3.63) is 76.7 Å². The van der Waals surface area contributed by atoms with E-state index in [-0.39, 0.29) is 5.91 Å². The van der Waals surface area contributed by atoms with Crippen LogP contribution in [-0.4, -0.2) is 23.0 Å². The van der Waals surface area contributed by atoms with Gasteiger partial charge in [-0.05, 0) is 47.7 Å². The van der Waals surface area contributed by atoms with E-state index in [4.69, 9.17) is 4.52 Å². The molecule has 0 N–H and O–H groups in total. The van der Waals surface area contributed by atoms with Crippen LogP contribution in [0.1, 0.15) is 32.9 Å². The molecule has 0 unspecified atom stereocenters. The van der Waals surface area contributed by atoms with Gasteiger partial charge in [-0.15, -0.1) is 0 Å². The molecule has 0 radical (unpaired) electrons. The lowest BCUT2D eigenvalue weighted by molar-refractivity contribution is 0.0782. The zero-order chi connectivity index (χ0) is 16.7. The van der Waals surface area contributed by atoms with Gasteiger partial charge < -0.3 is 9.42 Å². The smallest absolute Gasteiger partial charge is 0.253 e. The van der Waals surface area contributed by atoms with E-state index < -0.39 is 0 Å². The number of carbonyl (C=O) groups is 1. The van der Waals surface area contributed by atoms with E-state index in [0.717, 1.165) is 17.9 Å². The molecule has 0 saturated carbocycles. The first-order valence-corrected chi connectivity index (χ1v) is 8.00. The zero-order valence-electron chi connectivity index (χ0n) is 13.7. The Morgan fingerprint density at radius 1 is 1.12 bits per heavy atom. The van der Waals surface area contributed by atoms with Crippen LogP contribution in [0.5, 0.6) is 0 Å². The van der Waals surface area contributed by atoms with Crippen LogP contribution in [-0.2, 0) is 13.0 Å². The summed E-state index contributed by atoms with van der Waals surface area (Å²) in [7, 11) is 1.79. The highest BCUT2D eigenvalue weighted by atomic mass is 16.5. The second-order valence-electron chi connectivity index (χ2n) is 6.30. The Bertz CT molecular complexity index is 927. The average Bonchev–Trinajstić information content (AvgIpc) is 3.16. The summed E-state index contributed by atoms with van der Waals surface area (Å²) < 4.78 is 5.06. The summed E-state index contributed by atoms with van der Waals surface area (Å²) in [5.74, 6) is 0.746. The van der Waals surface area contributed by atoms with Crippen molar-refractivity contribution in [1.82, 2.24) is 10.1 Å². The van der Waals surface area contributed by atoms with Gasteiger partial charge in [0, 0.05) is 18.7 Å². The van der Waals surface area contributed by atoms with Gasteiger partial charge in [-0.1, -0.05) is 35.5 Å². The molecular weight excluding hydrogens is 300 g/mol. The van der Waals surface area contributed by atoms with E-state index >= 15 is 0 Å². The van der Waals surface area contributed by atoms with Gasteiger partial charge in [0.05, 0.1) is 6.54 Å². The van der Waals surface area contributed by atoms with E-state index in [1.807, 2.05) is 25.1 Å². The van der Waals surface area contributed by atoms with Crippen LogP contribution in [0.15, 0.2) is 53.1 Å². The number of nitrogens with zero attached hydrogens (tertiary/aromatic N) is 2. The molecule has 0 aliphatic heterocycles. The predicted octanol–water partition coefficient (Wildman–Crippen LogP) is 3.83. The Balaban J connectivity index is 1.57. The SMILES string of the molecule is Cc1cc(CN(C)C(=O)c2ccc3c(c2)Cc2ccccc2-3)no1. The molecule has 1 heterocycles. The molecule has 3 aromatic rings. The standard InChI is InChI=1S/C20H18N2O2/c1-13-9-17(21-24-13)12-22(2)20(23)15-7-8-19-16(11-15)10-14-5-3-4-6-18(14)19/h3-9,11H,10,12H2,1-2H3. The number of rotatable bonds is 3. The summed E-state index contributed by atoms with van der Waals surface area (Å²) >= 11 is 0. The predicted molar refractivity (Wildman–Crippen MR) is 91.7 cm³/mol. The minimum absolute atomic E-state index is 0.00518. The normalized spacial score (nSPS) is 11.9. The Labute approximate surface area is 140 Å². The maximum atomic E-state index is 12.7. The minimum atomic E-state index is -0.00518. The Morgan fingerprint density at radius 2 is 1.92 bits per heavy atom. The van der Waals surface area contributed by atoms with Gasteiger partial charge in [0.15, 0.2) is 0 Å². The third-order valence-corrected chi connectivity index (χ3v) is 4.46. The molecule has 0 fully saturated rings. The molecule has 1 amide bonds. The highest BCUT2D eigenvalue weighted by molar-refractivity contribution is 5.95. The molecule has 24 heavy (non-hydrogen) atoms. The van der Waals surface area contributed by atoms with Crippen molar-refractivity contribution in [3.8, 4) is 11.1 Å². The zero-order valence-corrected chi connectivity index (χ0v) is 13.7. The molecule has 1 aliphatic rings. The number of aromatic nitrogens is 1. The van der Waals surface area contributed by atoms with Crippen LogP contribution < -0.4 is 0 Å². The Kier molecular flexibility index (Phi) is 3.45. The van der Waals surface area contributed by atoms with Crippen molar-refractivity contribution in [3.63, 3.8) is 0 Å². The molecular formula is C20H18N2O2. The number of hydrogen-bond donors (Lipinski definition) is 0.